The normalized spacial score (nSPS) is 12.9. The van der Waals surface area contributed by atoms with Gasteiger partial charge in [0.25, 0.3) is 0 Å². The van der Waals surface area contributed by atoms with Gasteiger partial charge in [0, 0.05) is 12.8 Å². The SMILES string of the molecule is CC/C=C\C/C=C\C/C=C\C/C=C\C/C=C\CC(=O)OC(COC(=O)CCCCCCC/C=C\CCC)COC(=O)CCCCCCCCCCCCCCCC/C=C\C/C=C\C/C=C\CCCCCCC. The summed E-state index contributed by atoms with van der Waals surface area (Å²) in [5, 5.41) is 0. The van der Waals surface area contributed by atoms with E-state index in [0.29, 0.717) is 12.8 Å². The summed E-state index contributed by atoms with van der Waals surface area (Å²) in [7, 11) is 0. The van der Waals surface area contributed by atoms with Gasteiger partial charge in [0.1, 0.15) is 13.2 Å². The van der Waals surface area contributed by atoms with Gasteiger partial charge >= 0.3 is 17.9 Å². The fourth-order valence-corrected chi connectivity index (χ4v) is 8.06. The molecule has 0 bridgehead atoms. The Balaban J connectivity index is 4.25. The topological polar surface area (TPSA) is 78.9 Å². The standard InChI is InChI=1S/C66H110O6/c1-4-7-10-13-16-19-22-24-26-27-28-29-30-31-32-33-34-35-36-37-38-39-41-42-44-47-50-53-56-59-65(68)71-62-63(61-70-64(67)58-55-52-49-46-21-18-15-12-9-6-3)72-66(69)60-57-54-51-48-45-43-40-25-23-20-17-14-11-8-5-2/h8,11-12,15,17,20,22,24-25,27-28,30-31,40,45,48,54,57,63H,4-7,9-10,13-14,16,18-19,21,23,26,29,32-39,41-44,46-47,49-53,55-56,58-62H2,1-3H3/b11-8-,15-12-,20-17-,24-22-,28-27-,31-30-,40-25-,48-45-,57-54-. The van der Waals surface area contributed by atoms with Crippen molar-refractivity contribution in [2.24, 2.45) is 0 Å². The second-order valence-electron chi connectivity index (χ2n) is 19.5. The van der Waals surface area contributed by atoms with Crippen LogP contribution in [0.4, 0.5) is 0 Å². The van der Waals surface area contributed by atoms with Gasteiger partial charge in [0.15, 0.2) is 6.10 Å². The van der Waals surface area contributed by atoms with Gasteiger partial charge < -0.3 is 14.2 Å². The summed E-state index contributed by atoms with van der Waals surface area (Å²) in [6.07, 6.45) is 81.3. The van der Waals surface area contributed by atoms with E-state index in [-0.39, 0.29) is 31.6 Å². The minimum Gasteiger partial charge on any atom is -0.462 e. The molecule has 0 spiro atoms. The first-order chi connectivity index (χ1) is 35.5. The molecule has 6 heteroatoms. The fraction of sp³-hybridized carbons (Fsp3) is 0.682. The van der Waals surface area contributed by atoms with Gasteiger partial charge in [-0.25, -0.2) is 0 Å². The molecule has 0 rings (SSSR count). The first-order valence-corrected chi connectivity index (χ1v) is 29.9. The molecular formula is C66H110O6. The number of hydrogen-bond donors (Lipinski definition) is 0. The molecule has 0 aliphatic carbocycles. The zero-order chi connectivity index (χ0) is 52.2. The highest BCUT2D eigenvalue weighted by Crippen LogP contribution is 2.15. The third kappa shape index (κ3) is 57.0. The largest absolute Gasteiger partial charge is 0.462 e. The third-order valence-corrected chi connectivity index (χ3v) is 12.5. The summed E-state index contributed by atoms with van der Waals surface area (Å²) in [6, 6.07) is 0. The van der Waals surface area contributed by atoms with Crippen molar-refractivity contribution in [2.45, 2.75) is 277 Å². The molecule has 0 radical (unpaired) electrons. The van der Waals surface area contributed by atoms with E-state index in [1.807, 2.05) is 6.08 Å². The highest BCUT2D eigenvalue weighted by molar-refractivity contribution is 5.72. The number of carbonyl (C=O) groups excluding carboxylic acids is 3. The molecule has 0 saturated heterocycles. The van der Waals surface area contributed by atoms with Crippen LogP contribution >= 0.6 is 0 Å². The molecule has 0 aromatic heterocycles. The highest BCUT2D eigenvalue weighted by atomic mass is 16.6. The van der Waals surface area contributed by atoms with Crippen molar-refractivity contribution in [3.63, 3.8) is 0 Å². The lowest BCUT2D eigenvalue weighted by atomic mass is 10.0. The maximum Gasteiger partial charge on any atom is 0.310 e. The van der Waals surface area contributed by atoms with Crippen LogP contribution in [0.15, 0.2) is 109 Å². The lowest BCUT2D eigenvalue weighted by molar-refractivity contribution is -0.166. The predicted octanol–water partition coefficient (Wildman–Crippen LogP) is 20.3. The molecule has 0 aliphatic rings. The van der Waals surface area contributed by atoms with Crippen LogP contribution in [0.1, 0.15) is 271 Å². The van der Waals surface area contributed by atoms with Gasteiger partial charge in [-0.1, -0.05) is 259 Å². The Kier molecular flexibility index (Phi) is 56.4. The second-order valence-corrected chi connectivity index (χ2v) is 19.5. The van der Waals surface area contributed by atoms with Crippen LogP contribution in [-0.4, -0.2) is 37.2 Å². The molecule has 410 valence electrons. The second kappa shape index (κ2) is 59.6. The van der Waals surface area contributed by atoms with Gasteiger partial charge in [-0.2, -0.15) is 0 Å². The number of allylic oxidation sites excluding steroid dienone is 17. The number of hydrogen-bond acceptors (Lipinski definition) is 6. The molecular weight excluding hydrogens is 889 g/mol. The minimum atomic E-state index is -0.836. The lowest BCUT2D eigenvalue weighted by Crippen LogP contribution is -2.30. The molecule has 0 aliphatic heterocycles. The van der Waals surface area contributed by atoms with Crippen LogP contribution in [0, 0.1) is 0 Å². The van der Waals surface area contributed by atoms with Gasteiger partial charge in [0.05, 0.1) is 6.42 Å². The van der Waals surface area contributed by atoms with Crippen LogP contribution in [0.3, 0.4) is 0 Å². The number of carbonyl (C=O) groups is 3. The molecule has 0 aromatic carbocycles. The predicted molar refractivity (Wildman–Crippen MR) is 311 cm³/mol. The zero-order valence-corrected chi connectivity index (χ0v) is 46.9. The minimum absolute atomic E-state index is 0.0931. The maximum atomic E-state index is 12.8. The summed E-state index contributed by atoms with van der Waals surface area (Å²) < 4.78 is 16.7. The Hall–Kier alpha value is -3.93. The van der Waals surface area contributed by atoms with Gasteiger partial charge in [-0.3, -0.25) is 14.4 Å². The molecule has 0 N–H and O–H groups in total. The molecule has 0 fully saturated rings. The first kappa shape index (κ1) is 68.1. The quantitative estimate of drug-likeness (QED) is 0.0261. The number of rotatable bonds is 53. The van der Waals surface area contributed by atoms with E-state index < -0.39 is 12.1 Å². The number of unbranched alkanes of at least 4 members (excludes halogenated alkanes) is 25. The van der Waals surface area contributed by atoms with Crippen molar-refractivity contribution in [3.05, 3.63) is 109 Å². The molecule has 1 unspecified atom stereocenters. The molecule has 0 aromatic rings. The third-order valence-electron chi connectivity index (χ3n) is 12.5. The smallest absolute Gasteiger partial charge is 0.310 e. The highest BCUT2D eigenvalue weighted by Gasteiger charge is 2.19. The van der Waals surface area contributed by atoms with Crippen molar-refractivity contribution in [1.82, 2.24) is 0 Å². The maximum absolute atomic E-state index is 12.8. The first-order valence-electron chi connectivity index (χ1n) is 29.9. The van der Waals surface area contributed by atoms with Crippen molar-refractivity contribution >= 4 is 17.9 Å². The van der Waals surface area contributed by atoms with Gasteiger partial charge in [-0.15, -0.1) is 0 Å². The Morgan fingerprint density at radius 1 is 0.306 bits per heavy atom. The van der Waals surface area contributed by atoms with E-state index >= 15 is 0 Å². The molecule has 0 heterocycles. The van der Waals surface area contributed by atoms with Crippen molar-refractivity contribution in [1.29, 1.82) is 0 Å². The molecule has 1 atom stereocenters. The van der Waals surface area contributed by atoms with Crippen molar-refractivity contribution in [3.8, 4) is 0 Å². The summed E-state index contributed by atoms with van der Waals surface area (Å²) in [5.41, 5.74) is 0. The molecule has 6 nitrogen and oxygen atoms in total. The van der Waals surface area contributed by atoms with Crippen LogP contribution < -0.4 is 0 Å². The summed E-state index contributed by atoms with van der Waals surface area (Å²) in [6.45, 7) is 6.36. The number of ether oxygens (including phenoxy) is 3. The van der Waals surface area contributed by atoms with Crippen LogP contribution in [0.5, 0.6) is 0 Å². The van der Waals surface area contributed by atoms with E-state index in [1.165, 1.54) is 128 Å². The van der Waals surface area contributed by atoms with Crippen LogP contribution in [0.25, 0.3) is 0 Å². The number of esters is 3. The summed E-state index contributed by atoms with van der Waals surface area (Å²) >= 11 is 0. The average molecular weight is 1000 g/mol. The Morgan fingerprint density at radius 3 is 0.986 bits per heavy atom. The Labute approximate surface area is 444 Å². The lowest BCUT2D eigenvalue weighted by Gasteiger charge is -2.18. The van der Waals surface area contributed by atoms with E-state index in [1.54, 1.807) is 6.08 Å². The summed E-state index contributed by atoms with van der Waals surface area (Å²) in [5.74, 6) is -1.06. The monoisotopic (exact) mass is 999 g/mol. The van der Waals surface area contributed by atoms with Gasteiger partial charge in [0.2, 0.25) is 0 Å². The molecule has 0 amide bonds. The van der Waals surface area contributed by atoms with Gasteiger partial charge in [-0.05, 0) is 103 Å². The van der Waals surface area contributed by atoms with E-state index in [4.69, 9.17) is 14.2 Å². The molecule has 0 saturated carbocycles. The fourth-order valence-electron chi connectivity index (χ4n) is 8.06. The van der Waals surface area contributed by atoms with E-state index in [2.05, 4.69) is 118 Å². The molecule has 72 heavy (non-hydrogen) atoms. The van der Waals surface area contributed by atoms with E-state index in [9.17, 15) is 14.4 Å². The Bertz CT molecular complexity index is 1470. The van der Waals surface area contributed by atoms with Crippen molar-refractivity contribution < 1.29 is 28.6 Å². The van der Waals surface area contributed by atoms with E-state index in [0.717, 1.165) is 103 Å². The Morgan fingerprint density at radius 2 is 0.611 bits per heavy atom. The van der Waals surface area contributed by atoms with Crippen LogP contribution in [0.2, 0.25) is 0 Å². The summed E-state index contributed by atoms with van der Waals surface area (Å²) in [4.78, 5) is 38.0. The van der Waals surface area contributed by atoms with Crippen molar-refractivity contribution in [2.75, 3.05) is 13.2 Å². The van der Waals surface area contributed by atoms with Crippen LogP contribution in [-0.2, 0) is 28.6 Å². The zero-order valence-electron chi connectivity index (χ0n) is 46.9. The average Bonchev–Trinajstić information content (AvgIpc) is 3.38.